The van der Waals surface area contributed by atoms with E-state index in [1.165, 1.54) is 25.7 Å². The highest BCUT2D eigenvalue weighted by Gasteiger charge is 2.37. The fourth-order valence-corrected chi connectivity index (χ4v) is 4.90. The molecule has 0 heterocycles. The van der Waals surface area contributed by atoms with E-state index in [1.54, 1.807) is 6.07 Å². The van der Waals surface area contributed by atoms with E-state index in [9.17, 15) is 26.3 Å². The second-order valence-corrected chi connectivity index (χ2v) is 9.00. The van der Waals surface area contributed by atoms with Crippen molar-refractivity contribution >= 4 is 0 Å². The quantitative estimate of drug-likeness (QED) is 0.275. The Hall–Kier alpha value is -1.98. The second kappa shape index (κ2) is 10.8. The molecule has 0 bridgehead atoms. The Balaban J connectivity index is 1.51. The molecule has 1 fully saturated rings. The minimum Gasteiger partial charge on any atom is -0.207 e. The molecule has 1 aliphatic rings. The summed E-state index contributed by atoms with van der Waals surface area (Å²) in [4.78, 5) is 0. The standard InChI is InChI=1S/C26H30F6/c1-2-5-17-8-10-19(11-9-17)21-13-12-20(22(27)16-21)7-4-3-6-18-14-23(28)25(24(29)15-18)26(30,31)32/h12-17,19H,2-11H2,1H3. The second-order valence-electron chi connectivity index (χ2n) is 9.00. The topological polar surface area (TPSA) is 0 Å². The van der Waals surface area contributed by atoms with Crippen LogP contribution in [0.25, 0.3) is 0 Å². The molecule has 0 aliphatic heterocycles. The lowest BCUT2D eigenvalue weighted by atomic mass is 9.77. The van der Waals surface area contributed by atoms with Gasteiger partial charge in [-0.15, -0.1) is 0 Å². The minimum absolute atomic E-state index is 0.169. The summed E-state index contributed by atoms with van der Waals surface area (Å²) in [6, 6.07) is 6.93. The molecule has 2 aromatic carbocycles. The summed E-state index contributed by atoms with van der Waals surface area (Å²) in [7, 11) is 0. The molecular weight excluding hydrogens is 426 g/mol. The SMILES string of the molecule is CCCC1CCC(c2ccc(CCCCc3cc(F)c(C(F)(F)F)c(F)c3)c(F)c2)CC1. The fourth-order valence-electron chi connectivity index (χ4n) is 4.90. The molecule has 0 aromatic heterocycles. The van der Waals surface area contributed by atoms with Crippen LogP contribution in [0.4, 0.5) is 26.3 Å². The van der Waals surface area contributed by atoms with Crippen molar-refractivity contribution in [3.05, 3.63) is 70.0 Å². The summed E-state index contributed by atoms with van der Waals surface area (Å²) >= 11 is 0. The zero-order valence-electron chi connectivity index (χ0n) is 18.4. The van der Waals surface area contributed by atoms with Gasteiger partial charge in [-0.05, 0) is 98.1 Å². The molecule has 0 N–H and O–H groups in total. The average Bonchev–Trinajstić information content (AvgIpc) is 2.71. The Labute approximate surface area is 186 Å². The molecule has 0 radical (unpaired) electrons. The van der Waals surface area contributed by atoms with Gasteiger partial charge in [-0.2, -0.15) is 13.2 Å². The molecule has 0 amide bonds. The van der Waals surface area contributed by atoms with Crippen LogP contribution < -0.4 is 0 Å². The summed E-state index contributed by atoms with van der Waals surface area (Å²) in [6.45, 7) is 2.21. The first-order valence-corrected chi connectivity index (χ1v) is 11.5. The molecule has 0 saturated heterocycles. The van der Waals surface area contributed by atoms with E-state index < -0.39 is 23.4 Å². The maximum absolute atomic E-state index is 14.6. The van der Waals surface area contributed by atoms with Gasteiger partial charge in [0, 0.05) is 0 Å². The minimum atomic E-state index is -5.06. The lowest BCUT2D eigenvalue weighted by Crippen LogP contribution is -2.13. The Morgan fingerprint density at radius 2 is 1.44 bits per heavy atom. The predicted molar refractivity (Wildman–Crippen MR) is 114 cm³/mol. The van der Waals surface area contributed by atoms with Gasteiger partial charge in [0.25, 0.3) is 0 Å². The molecular formula is C26H30F6. The number of hydrogen-bond donors (Lipinski definition) is 0. The summed E-state index contributed by atoms with van der Waals surface area (Å²) in [5.41, 5.74) is -0.0418. The smallest absolute Gasteiger partial charge is 0.207 e. The number of alkyl halides is 3. The van der Waals surface area contributed by atoms with E-state index in [0.717, 1.165) is 36.5 Å². The predicted octanol–water partition coefficient (Wildman–Crippen LogP) is 8.76. The highest BCUT2D eigenvalue weighted by atomic mass is 19.4. The van der Waals surface area contributed by atoms with E-state index in [-0.39, 0.29) is 17.8 Å². The van der Waals surface area contributed by atoms with Crippen molar-refractivity contribution in [1.29, 1.82) is 0 Å². The van der Waals surface area contributed by atoms with Crippen molar-refractivity contribution in [3.63, 3.8) is 0 Å². The summed E-state index contributed by atoms with van der Waals surface area (Å²) in [6.07, 6.45) is 3.79. The zero-order valence-corrected chi connectivity index (χ0v) is 18.4. The van der Waals surface area contributed by atoms with Crippen LogP contribution >= 0.6 is 0 Å². The number of halogens is 6. The fraction of sp³-hybridized carbons (Fsp3) is 0.538. The Bertz CT molecular complexity index is 871. The van der Waals surface area contributed by atoms with Gasteiger partial charge >= 0.3 is 6.18 Å². The monoisotopic (exact) mass is 456 g/mol. The zero-order chi connectivity index (χ0) is 23.3. The van der Waals surface area contributed by atoms with E-state index in [4.69, 9.17) is 0 Å². The van der Waals surface area contributed by atoms with E-state index in [0.29, 0.717) is 30.7 Å². The lowest BCUT2D eigenvalue weighted by molar-refractivity contribution is -0.142. The van der Waals surface area contributed by atoms with Crippen LogP contribution in [0.3, 0.4) is 0 Å². The highest BCUT2D eigenvalue weighted by Crippen LogP contribution is 2.38. The Morgan fingerprint density at radius 3 is 2.00 bits per heavy atom. The Morgan fingerprint density at radius 1 is 0.812 bits per heavy atom. The molecule has 0 unspecified atom stereocenters. The molecule has 1 saturated carbocycles. The number of hydrogen-bond acceptors (Lipinski definition) is 0. The maximum atomic E-state index is 14.6. The molecule has 3 rings (SSSR count). The van der Waals surface area contributed by atoms with Gasteiger partial charge in [0.15, 0.2) is 0 Å². The number of rotatable bonds is 8. The van der Waals surface area contributed by atoms with Crippen molar-refractivity contribution in [3.8, 4) is 0 Å². The normalized spacial score (nSPS) is 19.3. The van der Waals surface area contributed by atoms with Crippen LogP contribution in [0.1, 0.15) is 86.5 Å². The average molecular weight is 457 g/mol. The molecule has 0 spiro atoms. The van der Waals surface area contributed by atoms with Crippen molar-refractivity contribution < 1.29 is 26.3 Å². The lowest BCUT2D eigenvalue weighted by Gasteiger charge is -2.28. The number of unbranched alkanes of at least 4 members (excludes halogenated alkanes) is 1. The number of benzene rings is 2. The van der Waals surface area contributed by atoms with Gasteiger partial charge in [-0.3, -0.25) is 0 Å². The van der Waals surface area contributed by atoms with Crippen molar-refractivity contribution in [2.75, 3.05) is 0 Å². The van der Waals surface area contributed by atoms with Crippen molar-refractivity contribution in [1.82, 2.24) is 0 Å². The summed E-state index contributed by atoms with van der Waals surface area (Å²) < 4.78 is 79.9. The van der Waals surface area contributed by atoms with Gasteiger partial charge in [-0.1, -0.05) is 31.9 Å². The molecule has 0 nitrogen and oxygen atoms in total. The van der Waals surface area contributed by atoms with Crippen LogP contribution in [0.5, 0.6) is 0 Å². The van der Waals surface area contributed by atoms with Crippen molar-refractivity contribution in [2.45, 2.75) is 83.2 Å². The van der Waals surface area contributed by atoms with Crippen LogP contribution in [0.15, 0.2) is 30.3 Å². The number of aryl methyl sites for hydroxylation is 2. The largest absolute Gasteiger partial charge is 0.422 e. The van der Waals surface area contributed by atoms with Gasteiger partial charge in [-0.25, -0.2) is 13.2 Å². The van der Waals surface area contributed by atoms with Gasteiger partial charge in [0.1, 0.15) is 23.0 Å². The third kappa shape index (κ3) is 6.29. The van der Waals surface area contributed by atoms with Crippen molar-refractivity contribution in [2.24, 2.45) is 5.92 Å². The van der Waals surface area contributed by atoms with Crippen LogP contribution in [-0.4, -0.2) is 0 Å². The first kappa shape index (κ1) is 24.7. The van der Waals surface area contributed by atoms with E-state index in [2.05, 4.69) is 6.92 Å². The van der Waals surface area contributed by atoms with Crippen LogP contribution in [-0.2, 0) is 19.0 Å². The van der Waals surface area contributed by atoms with E-state index in [1.807, 2.05) is 12.1 Å². The first-order chi connectivity index (χ1) is 15.2. The van der Waals surface area contributed by atoms with Gasteiger partial charge in [0.05, 0.1) is 0 Å². The summed E-state index contributed by atoms with van der Waals surface area (Å²) in [5.74, 6) is -2.22. The van der Waals surface area contributed by atoms with E-state index >= 15 is 0 Å². The Kier molecular flexibility index (Phi) is 8.29. The maximum Gasteiger partial charge on any atom is 0.422 e. The third-order valence-corrected chi connectivity index (χ3v) is 6.64. The van der Waals surface area contributed by atoms with Crippen LogP contribution in [0.2, 0.25) is 0 Å². The molecule has 32 heavy (non-hydrogen) atoms. The van der Waals surface area contributed by atoms with Crippen LogP contribution in [0, 0.1) is 23.4 Å². The molecule has 176 valence electrons. The first-order valence-electron chi connectivity index (χ1n) is 11.5. The summed E-state index contributed by atoms with van der Waals surface area (Å²) in [5, 5.41) is 0. The molecule has 1 aliphatic carbocycles. The van der Waals surface area contributed by atoms with Gasteiger partial charge in [0.2, 0.25) is 0 Å². The molecule has 0 atom stereocenters. The molecule has 2 aromatic rings. The highest BCUT2D eigenvalue weighted by molar-refractivity contribution is 5.29. The third-order valence-electron chi connectivity index (χ3n) is 6.64. The van der Waals surface area contributed by atoms with Gasteiger partial charge < -0.3 is 0 Å². The molecule has 6 heteroatoms.